The normalized spacial score (nSPS) is 17.5. The number of hydrogen-bond acceptors (Lipinski definition) is 15. The maximum atomic E-state index is 13.3. The Bertz CT molecular complexity index is 5300. The van der Waals surface area contributed by atoms with Gasteiger partial charge >= 0.3 is 114 Å². The minimum absolute atomic E-state index is 0. The van der Waals surface area contributed by atoms with Crippen LogP contribution >= 0.6 is 0 Å². The molecule has 9 heterocycles. The number of fused-ring (bicyclic) bond motifs is 3. The van der Waals surface area contributed by atoms with Gasteiger partial charge in [0, 0.05) is 171 Å². The van der Waals surface area contributed by atoms with E-state index in [9.17, 15) is 137 Å². The van der Waals surface area contributed by atoms with Gasteiger partial charge in [0.2, 0.25) is 17.1 Å². The van der Waals surface area contributed by atoms with Crippen LogP contribution in [0.25, 0.3) is 47.6 Å². The first-order valence-electron chi connectivity index (χ1n) is 36.6. The maximum absolute atomic E-state index is 13.3. The number of aromatic nitrogens is 6. The summed E-state index contributed by atoms with van der Waals surface area (Å²) in [6.07, 6.45) is -19.4. The van der Waals surface area contributed by atoms with Crippen LogP contribution in [0.3, 0.4) is 0 Å². The van der Waals surface area contributed by atoms with Gasteiger partial charge in [-0.3, -0.25) is 9.97 Å². The number of benzene rings is 2. The van der Waals surface area contributed by atoms with Gasteiger partial charge in [0.25, 0.3) is 10.0 Å². The summed E-state index contributed by atoms with van der Waals surface area (Å²) in [4.78, 5) is 80.1. The number of amides is 7. The molecule has 12 N–H and O–H groups in total. The standard InChI is InChI=1S/C24H23F5N6O3S.2C18H19F5N6O.C10H8F5NO2.C3H4F5N.Na.H2O.42H2/c1-3-15-12-34(22(36)32-14-23(25,26)24(27,28)29)13-19(15)33-20-17-9-10-35(21(17)31-11-18(20)30-2)39(37,38)16-7-5-4-6-8-16;2*1-3-10-7-29(16(30)27-9-17(19,20)18(21,22)23)8-13(10)28-14-11-4-5-25-15(11)26-6-12(14)24-2;11-9(12,10(13,14)15)6-16-8(17)18-7-4-2-1-3-5-7;4-2(5,1-9)3(6,7)8;;;;;;;;;;;;;;;;;;;;;;;;;;;;;;;;;;;;;;;;;;;;/h4-11,15,19H,3,12-14H2,1H3,(H,31,33)(H,32,36);2*4-6,10,13H,3,7-9H2,1H3,(H,27,30)(H2,25,26,28);1-5H,6H2,(H,16,17);1,9H2;;1H2;42*1H/q;;;;;+1;;;;;;;;;;;;;;;;;;;;;;;;;;;;;;;;;;;;;;;;;;;/p-1. The second kappa shape index (κ2) is 43.1. The molecule has 0 bridgehead atoms. The molecule has 3 aliphatic heterocycles. The van der Waals surface area contributed by atoms with Gasteiger partial charge in [0.05, 0.1) is 74.4 Å². The number of alkyl halides is 25. The molecule has 0 aliphatic carbocycles. The first kappa shape index (κ1) is 107. The molecule has 3 saturated heterocycles. The van der Waals surface area contributed by atoms with Gasteiger partial charge in [0.15, 0.2) is 5.65 Å². The molecule has 3 aliphatic rings. The molecule has 6 atom stereocenters. The van der Waals surface area contributed by atoms with Gasteiger partial charge in [-0.2, -0.15) is 110 Å². The Labute approximate surface area is 793 Å². The van der Waals surface area contributed by atoms with Crippen molar-refractivity contribution in [2.45, 2.75) is 124 Å². The Morgan fingerprint density at radius 1 is 0.461 bits per heavy atom. The number of rotatable bonds is 21. The number of likely N-dealkylation sites (tertiary alicyclic amines) is 3. The molecule has 3 fully saturated rings. The molecular weight excluding hydrogens is 1810 g/mol. The molecule has 8 aromatic rings. The topological polar surface area (TPSA) is 350 Å². The summed E-state index contributed by atoms with van der Waals surface area (Å²) in [7, 11) is -4.00. The molecule has 2 aromatic carbocycles. The van der Waals surface area contributed by atoms with Crippen molar-refractivity contribution in [2.75, 3.05) is 87.9 Å². The van der Waals surface area contributed by atoms with Crippen molar-refractivity contribution in [1.82, 2.24) is 64.9 Å². The largest absolute Gasteiger partial charge is 1.00 e. The van der Waals surface area contributed by atoms with Gasteiger partial charge in [-0.25, -0.2) is 51.1 Å². The number of ether oxygens (including phenoxy) is 1. The fraction of sp³-hybridized carbons (Fsp3) is 0.452. The fourth-order valence-electron chi connectivity index (χ4n) is 12.3. The Morgan fingerprint density at radius 2 is 0.773 bits per heavy atom. The summed E-state index contributed by atoms with van der Waals surface area (Å²) in [6, 6.07) is 15.8. The van der Waals surface area contributed by atoms with E-state index in [0.29, 0.717) is 58.1 Å². The summed E-state index contributed by atoms with van der Waals surface area (Å²) in [5, 5.41) is 17.7. The quantitative estimate of drug-likeness (QED) is 0.0182. The van der Waals surface area contributed by atoms with Gasteiger partial charge in [-0.1, -0.05) is 57.2 Å². The number of anilines is 3. The number of nitrogens with two attached hydrogens (primary N) is 1. The van der Waals surface area contributed by atoms with Crippen LogP contribution in [0.1, 0.15) is 100.0 Å². The number of H-pyrrole nitrogens is 2. The summed E-state index contributed by atoms with van der Waals surface area (Å²) < 4.78 is 338. The minimum Gasteiger partial charge on any atom is -0.870 e. The molecule has 28 nitrogen and oxygen atoms in total. The predicted octanol–water partition coefficient (Wildman–Crippen LogP) is 24.4. The van der Waals surface area contributed by atoms with Crippen molar-refractivity contribution < 1.29 is 237 Å². The third-order valence-electron chi connectivity index (χ3n) is 19.3. The van der Waals surface area contributed by atoms with Gasteiger partial charge < -0.3 is 77.8 Å². The number of halogens is 25. The van der Waals surface area contributed by atoms with Crippen molar-refractivity contribution in [3.05, 3.63) is 150 Å². The molecule has 11 rings (SSSR count). The van der Waals surface area contributed by atoms with E-state index in [1.165, 1.54) is 82.4 Å². The first-order chi connectivity index (χ1) is 58.5. The van der Waals surface area contributed by atoms with Crippen molar-refractivity contribution in [2.24, 2.45) is 23.5 Å². The van der Waals surface area contributed by atoms with Crippen LogP contribution in [0.15, 0.2) is 121 Å². The van der Waals surface area contributed by atoms with Crippen molar-refractivity contribution in [3.63, 3.8) is 0 Å². The molecular formula is C73H158F25N20NaO8S. The number of aromatic amines is 2. The molecule has 55 heteroatoms. The van der Waals surface area contributed by atoms with E-state index < -0.39 is 133 Å². The van der Waals surface area contributed by atoms with E-state index in [-0.39, 0.29) is 203 Å². The van der Waals surface area contributed by atoms with E-state index in [4.69, 9.17) is 19.7 Å². The van der Waals surface area contributed by atoms with E-state index in [2.05, 4.69) is 65.9 Å². The minimum atomic E-state index is -5.80. The van der Waals surface area contributed by atoms with Crippen molar-refractivity contribution >= 4 is 101 Å². The summed E-state index contributed by atoms with van der Waals surface area (Å²) in [6.45, 7) is 19.3. The second-order valence-electron chi connectivity index (χ2n) is 27.8. The van der Waals surface area contributed by atoms with Crippen LogP contribution in [0, 0.1) is 37.5 Å². The van der Waals surface area contributed by atoms with E-state index >= 15 is 0 Å². The van der Waals surface area contributed by atoms with Crippen molar-refractivity contribution in [3.8, 4) is 5.75 Å². The third kappa shape index (κ3) is 26.4. The molecule has 0 saturated carbocycles. The van der Waals surface area contributed by atoms with Crippen LogP contribution in [-0.4, -0.2) is 232 Å². The summed E-state index contributed by atoms with van der Waals surface area (Å²) >= 11 is 0. The SMILES string of the molecule is NCC(F)(F)C(F)(F)F.O=C(NCC(F)(F)C(F)(F)F)Oc1ccccc1.[C-]#[N+]c1cnc2[nH]ccc2c1NC1CN(C(=O)NCC(F)(F)C(F)(F)F)CC1CC.[C-]#[N+]c1cnc2[nH]ccc2c1NC1CN(C(=O)NCC(F)(F)C(F)(F)F)CC1CC.[C-]#[N+]c1cnc2c(ccn2S(=O)(=O)c2ccccc2)c1NC1CN(C(=O)NCC(F)(F)C(F)(F)F)CC1CC.[HH].[HH].[HH].[HH].[HH].[HH].[HH].[HH].[HH].[HH].[HH].[HH].[HH].[HH].[HH].[HH].[HH].[HH].[HH].[HH].[HH].[HH].[HH].[HH].[HH].[HH].[HH].[HH].[HH].[HH].[HH].[HH].[HH].[HH].[HH].[HH].[HH].[HH].[HH].[HH].[HH].[HH].[Na+].[OH-]. The van der Waals surface area contributed by atoms with Crippen LogP contribution in [-0.2, 0) is 10.0 Å². The number of urea groups is 3. The molecule has 7 amide bonds. The zero-order valence-electron chi connectivity index (χ0n) is 66.5. The third-order valence-corrected chi connectivity index (χ3v) is 21.0. The number of para-hydroxylation sites is 1. The van der Waals surface area contributed by atoms with E-state index in [0.717, 1.165) is 8.87 Å². The average Bonchev–Trinajstić information content (AvgIpc) is 1.60. The number of carbonyl (C=O) groups excluding carboxylic acids is 4. The van der Waals surface area contributed by atoms with Gasteiger partial charge in [-0.15, -0.1) is 0 Å². The van der Waals surface area contributed by atoms with E-state index in [1.807, 2.05) is 20.8 Å². The molecule has 6 unspecified atom stereocenters. The first-order valence-corrected chi connectivity index (χ1v) is 38.1. The van der Waals surface area contributed by atoms with Gasteiger partial charge in [0.1, 0.15) is 17.0 Å². The Hall–Kier alpha value is -11.4. The average molecular weight is 1970 g/mol. The van der Waals surface area contributed by atoms with Crippen LogP contribution < -0.4 is 77.2 Å². The second-order valence-corrected chi connectivity index (χ2v) is 29.6. The molecule has 128 heavy (non-hydrogen) atoms. The zero-order valence-corrected chi connectivity index (χ0v) is 69.4. The number of nitrogens with zero attached hydrogens (tertiary/aromatic N) is 10. The Kier molecular flexibility index (Phi) is 36.1. The smallest absolute Gasteiger partial charge is 0.870 e. The maximum Gasteiger partial charge on any atom is 1.00 e. The van der Waals surface area contributed by atoms with Gasteiger partial charge in [-0.05, 0) is 79.5 Å². The monoisotopic (exact) mass is 1970 g/mol. The zero-order chi connectivity index (χ0) is 94.3. The van der Waals surface area contributed by atoms with Crippen LogP contribution in [0.2, 0.25) is 0 Å². The molecule has 6 aromatic heterocycles. The number of hydrogen-bond donors (Lipinski definition) is 10. The van der Waals surface area contributed by atoms with E-state index in [1.54, 1.807) is 64.7 Å². The van der Waals surface area contributed by atoms with Crippen LogP contribution in [0.5, 0.6) is 5.75 Å². The summed E-state index contributed by atoms with van der Waals surface area (Å²) in [5.74, 6) is -25.2. The van der Waals surface area contributed by atoms with Crippen LogP contribution in [0.4, 0.5) is 163 Å². The predicted molar refractivity (Wildman–Crippen MR) is 493 cm³/mol. The fourth-order valence-corrected chi connectivity index (χ4v) is 13.6. The Morgan fingerprint density at radius 3 is 1.08 bits per heavy atom. The summed E-state index contributed by atoms with van der Waals surface area (Å²) in [5.41, 5.74) is 7.30. The molecule has 0 spiro atoms. The molecule has 780 valence electrons. The number of carbonyl (C=O) groups is 4. The number of pyridine rings is 3. The van der Waals surface area contributed by atoms with Crippen molar-refractivity contribution in [1.29, 1.82) is 0 Å². The molecule has 0 radical (unpaired) electrons. The number of nitrogens with one attached hydrogen (secondary N) is 9. The Balaban J connectivity index is -0.0000000347.